The van der Waals surface area contributed by atoms with Crippen LogP contribution < -0.4 is 0 Å². The van der Waals surface area contributed by atoms with E-state index in [9.17, 15) is 9.59 Å². The van der Waals surface area contributed by atoms with Gasteiger partial charge in [-0.15, -0.1) is 0 Å². The van der Waals surface area contributed by atoms with Gasteiger partial charge in [0.1, 0.15) is 5.52 Å². The minimum Gasteiger partial charge on any atom is -0.443 e. The van der Waals surface area contributed by atoms with Crippen LogP contribution in [0.2, 0.25) is 0 Å². The maximum Gasteiger partial charge on any atom is 0.254 e. The summed E-state index contributed by atoms with van der Waals surface area (Å²) in [5.41, 5.74) is 1.94. The molecule has 0 spiro atoms. The molecule has 1 aromatic heterocycles. The largest absolute Gasteiger partial charge is 0.443 e. The summed E-state index contributed by atoms with van der Waals surface area (Å²) in [6.07, 6.45) is 1.91. The summed E-state index contributed by atoms with van der Waals surface area (Å²) in [6.45, 7) is 8.48. The van der Waals surface area contributed by atoms with Crippen molar-refractivity contribution in [2.24, 2.45) is 5.41 Å². The molecule has 2 amide bonds. The van der Waals surface area contributed by atoms with E-state index in [1.165, 1.54) is 6.39 Å². The number of hydrogen-bond donors (Lipinski definition) is 0. The molecule has 0 aliphatic carbocycles. The monoisotopic (exact) mass is 329 g/mol. The molecule has 1 aliphatic heterocycles. The van der Waals surface area contributed by atoms with E-state index in [-0.39, 0.29) is 17.2 Å². The lowest BCUT2D eigenvalue weighted by molar-refractivity contribution is -0.134. The van der Waals surface area contributed by atoms with Gasteiger partial charge in [-0.2, -0.15) is 0 Å². The third kappa shape index (κ3) is 3.58. The van der Waals surface area contributed by atoms with E-state index in [0.29, 0.717) is 49.3 Å². The molecular weight excluding hydrogens is 306 g/mol. The number of piperazine rings is 1. The first-order valence-electron chi connectivity index (χ1n) is 8.24. The van der Waals surface area contributed by atoms with Gasteiger partial charge in [-0.3, -0.25) is 9.59 Å². The summed E-state index contributed by atoms with van der Waals surface area (Å²) in [7, 11) is 0. The second kappa shape index (κ2) is 6.26. The molecule has 24 heavy (non-hydrogen) atoms. The fourth-order valence-corrected chi connectivity index (χ4v) is 2.90. The zero-order valence-corrected chi connectivity index (χ0v) is 14.4. The highest BCUT2D eigenvalue weighted by Crippen LogP contribution is 2.21. The summed E-state index contributed by atoms with van der Waals surface area (Å²) in [5, 5.41) is 0. The van der Waals surface area contributed by atoms with Gasteiger partial charge in [-0.05, 0) is 23.6 Å². The fourth-order valence-electron chi connectivity index (χ4n) is 2.90. The van der Waals surface area contributed by atoms with Crippen LogP contribution in [-0.2, 0) is 4.79 Å². The van der Waals surface area contributed by atoms with Crippen LogP contribution in [0.4, 0.5) is 0 Å². The molecular formula is C18H23N3O3. The van der Waals surface area contributed by atoms with E-state index < -0.39 is 0 Å². The average molecular weight is 329 g/mol. The van der Waals surface area contributed by atoms with E-state index >= 15 is 0 Å². The Kier molecular flexibility index (Phi) is 4.30. The minimum absolute atomic E-state index is 0.0168. The average Bonchev–Trinajstić information content (AvgIpc) is 3.00. The molecule has 1 aliphatic rings. The van der Waals surface area contributed by atoms with E-state index in [0.717, 1.165) is 0 Å². The Bertz CT molecular complexity index is 752. The van der Waals surface area contributed by atoms with Crippen LogP contribution in [0.25, 0.3) is 11.1 Å². The lowest BCUT2D eigenvalue weighted by atomic mass is 9.91. The first-order valence-corrected chi connectivity index (χ1v) is 8.24. The van der Waals surface area contributed by atoms with Crippen LogP contribution in [0.5, 0.6) is 0 Å². The van der Waals surface area contributed by atoms with Crippen molar-refractivity contribution in [3.63, 3.8) is 0 Å². The van der Waals surface area contributed by atoms with Crippen molar-refractivity contribution in [3.05, 3.63) is 30.2 Å². The Labute approximate surface area is 141 Å². The van der Waals surface area contributed by atoms with Gasteiger partial charge in [-0.25, -0.2) is 4.98 Å². The first-order chi connectivity index (χ1) is 11.3. The fraction of sp³-hybridized carbons (Fsp3) is 0.500. The molecule has 0 atom stereocenters. The smallest absolute Gasteiger partial charge is 0.254 e. The van der Waals surface area contributed by atoms with Gasteiger partial charge in [0, 0.05) is 38.2 Å². The Balaban J connectivity index is 1.61. The molecule has 1 aromatic carbocycles. The molecule has 3 rings (SSSR count). The number of carbonyl (C=O) groups excluding carboxylic acids is 2. The quantitative estimate of drug-likeness (QED) is 0.849. The van der Waals surface area contributed by atoms with Crippen LogP contribution in [0, 0.1) is 5.41 Å². The highest BCUT2D eigenvalue weighted by Gasteiger charge is 2.27. The number of nitrogens with zero attached hydrogens (tertiary/aromatic N) is 3. The molecule has 2 heterocycles. The highest BCUT2D eigenvalue weighted by molar-refractivity contribution is 5.97. The van der Waals surface area contributed by atoms with E-state index in [1.807, 2.05) is 4.90 Å². The standard InChI is InChI=1S/C18H23N3O3/c1-18(2,3)11-16(22)20-6-8-21(9-7-20)17(23)13-4-5-15-14(10-13)19-12-24-15/h4-5,10,12H,6-9,11H2,1-3H3. The predicted octanol–water partition coefficient (Wildman–Crippen LogP) is 2.55. The second-order valence-electron chi connectivity index (χ2n) is 7.45. The SMILES string of the molecule is CC(C)(C)CC(=O)N1CCN(C(=O)c2ccc3ocnc3c2)CC1. The normalized spacial score (nSPS) is 15.8. The lowest BCUT2D eigenvalue weighted by Gasteiger charge is -2.36. The van der Waals surface area contributed by atoms with Gasteiger partial charge in [-0.1, -0.05) is 20.8 Å². The number of amides is 2. The zero-order valence-electron chi connectivity index (χ0n) is 14.4. The second-order valence-corrected chi connectivity index (χ2v) is 7.45. The molecule has 0 radical (unpaired) electrons. The number of rotatable bonds is 2. The van der Waals surface area contributed by atoms with Crippen LogP contribution in [0.15, 0.2) is 29.0 Å². The number of benzene rings is 1. The van der Waals surface area contributed by atoms with Gasteiger partial charge in [0.15, 0.2) is 12.0 Å². The lowest BCUT2D eigenvalue weighted by Crippen LogP contribution is -2.51. The molecule has 128 valence electrons. The predicted molar refractivity (Wildman–Crippen MR) is 90.6 cm³/mol. The van der Waals surface area contributed by atoms with Gasteiger partial charge >= 0.3 is 0 Å². The summed E-state index contributed by atoms with van der Waals surface area (Å²) >= 11 is 0. The first kappa shape index (κ1) is 16.5. The van der Waals surface area contributed by atoms with Gasteiger partial charge in [0.25, 0.3) is 5.91 Å². The zero-order chi connectivity index (χ0) is 17.3. The van der Waals surface area contributed by atoms with Crippen LogP contribution in [-0.4, -0.2) is 52.8 Å². The van der Waals surface area contributed by atoms with Crippen molar-refractivity contribution in [3.8, 4) is 0 Å². The topological polar surface area (TPSA) is 66.7 Å². The van der Waals surface area contributed by atoms with Crippen molar-refractivity contribution in [1.82, 2.24) is 14.8 Å². The number of aromatic nitrogens is 1. The number of carbonyl (C=O) groups is 2. The van der Waals surface area contributed by atoms with Crippen LogP contribution >= 0.6 is 0 Å². The van der Waals surface area contributed by atoms with Crippen molar-refractivity contribution in [2.75, 3.05) is 26.2 Å². The van der Waals surface area contributed by atoms with Crippen molar-refractivity contribution < 1.29 is 14.0 Å². The molecule has 0 N–H and O–H groups in total. The summed E-state index contributed by atoms with van der Waals surface area (Å²) < 4.78 is 5.20. The Morgan fingerprint density at radius 1 is 1.12 bits per heavy atom. The van der Waals surface area contributed by atoms with Crippen molar-refractivity contribution >= 4 is 22.9 Å². The molecule has 1 saturated heterocycles. The van der Waals surface area contributed by atoms with E-state index in [1.54, 1.807) is 23.1 Å². The third-order valence-electron chi connectivity index (χ3n) is 4.18. The van der Waals surface area contributed by atoms with Crippen molar-refractivity contribution in [1.29, 1.82) is 0 Å². The Morgan fingerprint density at radius 3 is 2.46 bits per heavy atom. The number of hydrogen-bond acceptors (Lipinski definition) is 4. The molecule has 0 saturated carbocycles. The van der Waals surface area contributed by atoms with Crippen LogP contribution in [0.1, 0.15) is 37.6 Å². The van der Waals surface area contributed by atoms with Gasteiger partial charge in [0.2, 0.25) is 5.91 Å². The summed E-state index contributed by atoms with van der Waals surface area (Å²) in [6, 6.07) is 5.27. The Morgan fingerprint density at radius 2 is 1.79 bits per heavy atom. The summed E-state index contributed by atoms with van der Waals surface area (Å²) in [4.78, 5) is 32.7. The molecule has 0 unspecified atom stereocenters. The Hall–Kier alpha value is -2.37. The molecule has 1 fully saturated rings. The highest BCUT2D eigenvalue weighted by atomic mass is 16.3. The molecule has 0 bridgehead atoms. The van der Waals surface area contributed by atoms with Gasteiger partial charge < -0.3 is 14.2 Å². The third-order valence-corrected chi connectivity index (χ3v) is 4.18. The maximum absolute atomic E-state index is 12.6. The number of fused-ring (bicyclic) bond motifs is 1. The van der Waals surface area contributed by atoms with Crippen molar-refractivity contribution in [2.45, 2.75) is 27.2 Å². The molecule has 2 aromatic rings. The maximum atomic E-state index is 12.6. The van der Waals surface area contributed by atoms with Gasteiger partial charge in [0.05, 0.1) is 0 Å². The van der Waals surface area contributed by atoms with E-state index in [4.69, 9.17) is 4.42 Å². The number of oxazole rings is 1. The van der Waals surface area contributed by atoms with E-state index in [2.05, 4.69) is 25.8 Å². The molecule has 6 nitrogen and oxygen atoms in total. The minimum atomic E-state index is -0.0252. The summed E-state index contributed by atoms with van der Waals surface area (Å²) in [5.74, 6) is 0.140. The van der Waals surface area contributed by atoms with Crippen LogP contribution in [0.3, 0.4) is 0 Å². The molecule has 6 heteroatoms.